The Hall–Kier alpha value is -2.28. The molecule has 0 spiro atoms. The first-order chi connectivity index (χ1) is 12.7. The Morgan fingerprint density at radius 3 is 2.70 bits per heavy atom. The van der Waals surface area contributed by atoms with Crippen molar-refractivity contribution in [3.63, 3.8) is 0 Å². The molecule has 0 saturated carbocycles. The number of nitrogens with zero attached hydrogens (tertiary/aromatic N) is 2. The molecule has 3 rings (SSSR count). The van der Waals surface area contributed by atoms with E-state index in [4.69, 9.17) is 5.73 Å². The monoisotopic (exact) mass is 376 g/mol. The van der Waals surface area contributed by atoms with Crippen LogP contribution in [0.5, 0.6) is 0 Å². The molecular formula is C20H26F2N4O. The van der Waals surface area contributed by atoms with Gasteiger partial charge in [-0.05, 0) is 50.7 Å². The van der Waals surface area contributed by atoms with Crippen molar-refractivity contribution in [1.29, 1.82) is 0 Å². The van der Waals surface area contributed by atoms with Crippen LogP contribution in [0.15, 0.2) is 18.2 Å². The van der Waals surface area contributed by atoms with Gasteiger partial charge in [-0.25, -0.2) is 13.5 Å². The Morgan fingerprint density at radius 2 is 2.07 bits per heavy atom. The number of nitrogens with one attached hydrogen (secondary N) is 1. The number of hydrogen-bond acceptors (Lipinski definition) is 3. The van der Waals surface area contributed by atoms with Crippen molar-refractivity contribution in [3.05, 3.63) is 46.8 Å². The maximum atomic E-state index is 13.7. The normalized spacial score (nSPS) is 15.7. The number of amides is 1. The fraction of sp³-hybridized carbons (Fsp3) is 0.500. The standard InChI is InChI=1S/C20H26F2N4O/c1-12(2)10-20(3,11-23)24-19(27)18-14-5-4-6-17(14)26(25-18)13-7-8-15(21)16(22)9-13/h7-9,12H,4-6,10-11,23H2,1-3H3,(H,24,27). The molecule has 0 bridgehead atoms. The lowest BCUT2D eigenvalue weighted by molar-refractivity contribution is 0.0891. The molecule has 0 saturated heterocycles. The van der Waals surface area contributed by atoms with Crippen molar-refractivity contribution < 1.29 is 13.6 Å². The lowest BCUT2D eigenvalue weighted by Crippen LogP contribution is -2.52. The fourth-order valence-electron chi connectivity index (χ4n) is 3.87. The minimum atomic E-state index is -0.937. The lowest BCUT2D eigenvalue weighted by Gasteiger charge is -2.31. The molecule has 1 aromatic heterocycles. The number of carbonyl (C=O) groups excluding carboxylic acids is 1. The Bertz CT molecular complexity index is 862. The number of rotatable bonds is 6. The number of aromatic nitrogens is 2. The molecule has 5 nitrogen and oxygen atoms in total. The molecule has 1 aliphatic rings. The predicted molar refractivity (Wildman–Crippen MR) is 99.9 cm³/mol. The molecule has 1 aromatic carbocycles. The van der Waals surface area contributed by atoms with Crippen molar-refractivity contribution in [2.75, 3.05) is 6.54 Å². The van der Waals surface area contributed by atoms with Crippen molar-refractivity contribution in [1.82, 2.24) is 15.1 Å². The molecule has 7 heteroatoms. The van der Waals surface area contributed by atoms with Gasteiger partial charge in [-0.3, -0.25) is 4.79 Å². The lowest BCUT2D eigenvalue weighted by atomic mass is 9.90. The largest absolute Gasteiger partial charge is 0.344 e. The van der Waals surface area contributed by atoms with Crippen LogP contribution >= 0.6 is 0 Å². The molecule has 27 heavy (non-hydrogen) atoms. The van der Waals surface area contributed by atoms with Crippen molar-refractivity contribution in [2.45, 2.75) is 52.0 Å². The molecule has 0 fully saturated rings. The topological polar surface area (TPSA) is 72.9 Å². The first kappa shape index (κ1) is 19.5. The Kier molecular flexibility index (Phi) is 5.33. The van der Waals surface area contributed by atoms with E-state index in [2.05, 4.69) is 24.3 Å². The molecule has 3 N–H and O–H groups in total. The van der Waals surface area contributed by atoms with Gasteiger partial charge in [-0.2, -0.15) is 5.10 Å². The summed E-state index contributed by atoms with van der Waals surface area (Å²) in [6.45, 7) is 6.41. The molecule has 146 valence electrons. The van der Waals surface area contributed by atoms with Gasteiger partial charge in [-0.15, -0.1) is 0 Å². The number of halogens is 2. The Labute approximate surface area is 157 Å². The summed E-state index contributed by atoms with van der Waals surface area (Å²) in [4.78, 5) is 12.9. The quantitative estimate of drug-likeness (QED) is 0.814. The number of benzene rings is 1. The zero-order chi connectivity index (χ0) is 19.8. The van der Waals surface area contributed by atoms with Crippen molar-refractivity contribution in [2.24, 2.45) is 11.7 Å². The summed E-state index contributed by atoms with van der Waals surface area (Å²) in [5.41, 5.74) is 7.89. The highest BCUT2D eigenvalue weighted by atomic mass is 19.2. The number of carbonyl (C=O) groups is 1. The average Bonchev–Trinajstić information content (AvgIpc) is 3.19. The Balaban J connectivity index is 1.95. The van der Waals surface area contributed by atoms with Gasteiger partial charge in [0.2, 0.25) is 0 Å². The molecule has 1 amide bonds. The summed E-state index contributed by atoms with van der Waals surface area (Å²) < 4.78 is 28.5. The van der Waals surface area contributed by atoms with Gasteiger partial charge in [0, 0.05) is 23.9 Å². The van der Waals surface area contributed by atoms with Gasteiger partial charge in [0.05, 0.1) is 11.2 Å². The SMILES string of the molecule is CC(C)CC(C)(CN)NC(=O)c1nn(-c2ccc(F)c(F)c2)c2c1CCC2. The van der Waals surface area contributed by atoms with Crippen LogP contribution in [0.1, 0.15) is 55.4 Å². The maximum Gasteiger partial charge on any atom is 0.272 e. The molecular weight excluding hydrogens is 350 g/mol. The second kappa shape index (κ2) is 7.38. The molecule has 1 heterocycles. The first-order valence-electron chi connectivity index (χ1n) is 9.33. The zero-order valence-electron chi connectivity index (χ0n) is 16.0. The molecule has 1 unspecified atom stereocenters. The van der Waals surface area contributed by atoms with Crippen molar-refractivity contribution in [3.8, 4) is 5.69 Å². The smallest absolute Gasteiger partial charge is 0.272 e. The van der Waals surface area contributed by atoms with E-state index in [1.54, 1.807) is 4.68 Å². The molecule has 2 aromatic rings. The van der Waals surface area contributed by atoms with Crippen molar-refractivity contribution >= 4 is 5.91 Å². The summed E-state index contributed by atoms with van der Waals surface area (Å²) in [7, 11) is 0. The van der Waals surface area contributed by atoms with Gasteiger partial charge in [0.1, 0.15) is 0 Å². The number of hydrogen-bond donors (Lipinski definition) is 2. The third kappa shape index (κ3) is 3.88. The average molecular weight is 376 g/mol. The first-order valence-corrected chi connectivity index (χ1v) is 9.33. The highest BCUT2D eigenvalue weighted by molar-refractivity contribution is 5.94. The minimum absolute atomic E-state index is 0.275. The minimum Gasteiger partial charge on any atom is -0.344 e. The van der Waals surface area contributed by atoms with E-state index < -0.39 is 17.2 Å². The van der Waals surface area contributed by atoms with Gasteiger partial charge in [0.15, 0.2) is 17.3 Å². The number of fused-ring (bicyclic) bond motifs is 1. The highest BCUT2D eigenvalue weighted by Crippen LogP contribution is 2.29. The predicted octanol–water partition coefficient (Wildman–Crippen LogP) is 3.13. The van der Waals surface area contributed by atoms with Crippen LogP contribution in [0, 0.1) is 17.6 Å². The van der Waals surface area contributed by atoms with E-state index in [0.29, 0.717) is 23.8 Å². The summed E-state index contributed by atoms with van der Waals surface area (Å²) in [5, 5.41) is 7.48. The highest BCUT2D eigenvalue weighted by Gasteiger charge is 2.32. The summed E-state index contributed by atoms with van der Waals surface area (Å²) in [6, 6.07) is 3.64. The van der Waals surface area contributed by atoms with Crippen LogP contribution in [0.4, 0.5) is 8.78 Å². The summed E-state index contributed by atoms with van der Waals surface area (Å²) in [5.74, 6) is -1.74. The van der Waals surface area contributed by atoms with Crippen LogP contribution in [0.2, 0.25) is 0 Å². The number of nitrogens with two attached hydrogens (primary N) is 1. The summed E-state index contributed by atoms with van der Waals surface area (Å²) in [6.07, 6.45) is 3.14. The van der Waals surface area contributed by atoms with Gasteiger partial charge in [0.25, 0.3) is 5.91 Å². The third-order valence-electron chi connectivity index (χ3n) is 5.02. The third-order valence-corrected chi connectivity index (χ3v) is 5.02. The molecule has 1 atom stereocenters. The summed E-state index contributed by atoms with van der Waals surface area (Å²) >= 11 is 0. The maximum absolute atomic E-state index is 13.7. The van der Waals surface area contributed by atoms with Crippen LogP contribution in [0.25, 0.3) is 5.69 Å². The van der Waals surface area contributed by atoms with E-state index in [1.165, 1.54) is 6.07 Å². The van der Waals surface area contributed by atoms with E-state index >= 15 is 0 Å². The second-order valence-corrected chi connectivity index (χ2v) is 7.95. The zero-order valence-corrected chi connectivity index (χ0v) is 16.0. The van der Waals surface area contributed by atoms with Crippen LogP contribution in [-0.4, -0.2) is 27.8 Å². The molecule has 1 aliphatic carbocycles. The van der Waals surface area contributed by atoms with Crippen LogP contribution in [-0.2, 0) is 12.8 Å². The fourth-order valence-corrected chi connectivity index (χ4v) is 3.87. The van der Waals surface area contributed by atoms with Crippen LogP contribution in [0.3, 0.4) is 0 Å². The molecule has 0 radical (unpaired) electrons. The van der Waals surface area contributed by atoms with Gasteiger partial charge < -0.3 is 11.1 Å². The Morgan fingerprint density at radius 1 is 1.33 bits per heavy atom. The van der Waals surface area contributed by atoms with E-state index in [1.807, 2.05) is 6.92 Å². The van der Waals surface area contributed by atoms with E-state index in [-0.39, 0.29) is 5.91 Å². The van der Waals surface area contributed by atoms with Gasteiger partial charge >= 0.3 is 0 Å². The van der Waals surface area contributed by atoms with Gasteiger partial charge in [-0.1, -0.05) is 13.8 Å². The van der Waals surface area contributed by atoms with E-state index in [9.17, 15) is 13.6 Å². The van der Waals surface area contributed by atoms with Crippen LogP contribution < -0.4 is 11.1 Å². The van der Waals surface area contributed by atoms with E-state index in [0.717, 1.165) is 49.1 Å². The molecule has 0 aliphatic heterocycles. The second-order valence-electron chi connectivity index (χ2n) is 7.95.